The van der Waals surface area contributed by atoms with E-state index in [0.29, 0.717) is 16.3 Å². The average Bonchev–Trinajstić information content (AvgIpc) is 2.94. The molecule has 30 heavy (non-hydrogen) atoms. The van der Waals surface area contributed by atoms with Crippen LogP contribution in [0.2, 0.25) is 0 Å². The molecule has 150 valence electrons. The minimum absolute atomic E-state index is 0.303. The second kappa shape index (κ2) is 8.20. The van der Waals surface area contributed by atoms with E-state index in [0.717, 1.165) is 27.3 Å². The van der Waals surface area contributed by atoms with Gasteiger partial charge in [-0.05, 0) is 62.7 Å². The Hall–Kier alpha value is -3.31. The number of carbonyl (C=O) groups excluding carboxylic acids is 2. The van der Waals surface area contributed by atoms with Gasteiger partial charge in [-0.25, -0.2) is 4.90 Å². The Morgan fingerprint density at radius 3 is 2.00 bits per heavy atom. The molecule has 0 bridgehead atoms. The molecule has 0 unspecified atom stereocenters. The van der Waals surface area contributed by atoms with Crippen molar-refractivity contribution in [3.8, 4) is 0 Å². The van der Waals surface area contributed by atoms with Crippen molar-refractivity contribution in [2.24, 2.45) is 0 Å². The van der Waals surface area contributed by atoms with Crippen molar-refractivity contribution < 1.29 is 9.59 Å². The fourth-order valence-electron chi connectivity index (χ4n) is 3.23. The van der Waals surface area contributed by atoms with E-state index in [-0.39, 0.29) is 11.8 Å². The average molecular weight is 415 g/mol. The number of aryl methyl sites for hydroxylation is 3. The van der Waals surface area contributed by atoms with Gasteiger partial charge < -0.3 is 5.32 Å². The Labute approximate surface area is 180 Å². The molecule has 0 fully saturated rings. The molecule has 0 radical (unpaired) electrons. The molecule has 3 aromatic carbocycles. The van der Waals surface area contributed by atoms with E-state index in [2.05, 4.69) is 5.32 Å². The second-order valence-electron chi connectivity index (χ2n) is 7.39. The largest absolute Gasteiger partial charge is 0.350 e. The lowest BCUT2D eigenvalue weighted by atomic mass is 10.2. The van der Waals surface area contributed by atoms with Crippen LogP contribution < -0.4 is 10.2 Å². The zero-order valence-corrected chi connectivity index (χ0v) is 17.9. The zero-order valence-electron chi connectivity index (χ0n) is 17.1. The van der Waals surface area contributed by atoms with E-state index in [1.165, 1.54) is 16.7 Å². The summed E-state index contributed by atoms with van der Waals surface area (Å²) in [6.07, 6.45) is 0. The normalized spacial score (nSPS) is 13.9. The lowest BCUT2D eigenvalue weighted by Crippen LogP contribution is -2.32. The van der Waals surface area contributed by atoms with Crippen molar-refractivity contribution in [3.05, 3.63) is 100 Å². The monoisotopic (exact) mass is 414 g/mol. The van der Waals surface area contributed by atoms with E-state index in [9.17, 15) is 9.59 Å². The van der Waals surface area contributed by atoms with E-state index in [1.54, 1.807) is 12.1 Å². The summed E-state index contributed by atoms with van der Waals surface area (Å²) in [4.78, 5) is 29.2. The van der Waals surface area contributed by atoms with Gasteiger partial charge >= 0.3 is 0 Å². The van der Waals surface area contributed by atoms with Crippen molar-refractivity contribution in [2.45, 2.75) is 25.7 Å². The third-order valence-electron chi connectivity index (χ3n) is 4.86. The van der Waals surface area contributed by atoms with Gasteiger partial charge in [0.1, 0.15) is 10.6 Å². The molecule has 1 N–H and O–H groups in total. The van der Waals surface area contributed by atoms with Gasteiger partial charge in [-0.2, -0.15) is 0 Å². The van der Waals surface area contributed by atoms with Crippen LogP contribution in [0.25, 0.3) is 0 Å². The molecule has 4 nitrogen and oxygen atoms in total. The highest BCUT2D eigenvalue weighted by molar-refractivity contribution is 8.04. The minimum atomic E-state index is -0.347. The Morgan fingerprint density at radius 2 is 1.37 bits per heavy atom. The van der Waals surface area contributed by atoms with E-state index >= 15 is 0 Å². The first-order chi connectivity index (χ1) is 14.4. The fourth-order valence-corrected chi connectivity index (χ4v) is 4.16. The number of hydrogen-bond donors (Lipinski definition) is 1. The molecule has 0 saturated heterocycles. The quantitative estimate of drug-likeness (QED) is 0.552. The second-order valence-corrected chi connectivity index (χ2v) is 8.48. The molecule has 1 aliphatic heterocycles. The van der Waals surface area contributed by atoms with Crippen molar-refractivity contribution in [1.82, 2.24) is 0 Å². The summed E-state index contributed by atoms with van der Waals surface area (Å²) in [5, 5.41) is 3.20. The molecule has 2 amide bonds. The Kier molecular flexibility index (Phi) is 5.46. The van der Waals surface area contributed by atoms with Crippen LogP contribution in [0.15, 0.2) is 88.3 Å². The third kappa shape index (κ3) is 4.02. The highest BCUT2D eigenvalue weighted by atomic mass is 32.2. The van der Waals surface area contributed by atoms with Crippen LogP contribution in [0.5, 0.6) is 0 Å². The van der Waals surface area contributed by atoms with Crippen molar-refractivity contribution in [1.29, 1.82) is 0 Å². The SMILES string of the molecule is Cc1ccc(SC2=C(Nc3cccc(C)c3)C(=O)N(c3ccc(C)cc3)C2=O)cc1. The van der Waals surface area contributed by atoms with Crippen LogP contribution in [0.1, 0.15) is 16.7 Å². The van der Waals surface area contributed by atoms with Crippen molar-refractivity contribution in [3.63, 3.8) is 0 Å². The Morgan fingerprint density at radius 1 is 0.733 bits per heavy atom. The maximum atomic E-state index is 13.3. The van der Waals surface area contributed by atoms with Gasteiger partial charge in [-0.3, -0.25) is 9.59 Å². The number of carbonyl (C=O) groups is 2. The molecule has 1 heterocycles. The highest BCUT2D eigenvalue weighted by Crippen LogP contribution is 2.38. The standard InChI is InChI=1S/C25H22N2O2S/c1-16-7-11-20(12-8-16)27-24(28)22(26-19-6-4-5-18(3)15-19)23(25(27)29)30-21-13-9-17(2)10-14-21/h4-15,26H,1-3H3. The van der Waals surface area contributed by atoms with Crippen LogP contribution >= 0.6 is 11.8 Å². The highest BCUT2D eigenvalue weighted by Gasteiger charge is 2.40. The first kappa shape index (κ1) is 20.0. The number of rotatable bonds is 5. The molecule has 0 aromatic heterocycles. The van der Waals surface area contributed by atoms with Gasteiger partial charge in [-0.15, -0.1) is 0 Å². The number of imide groups is 1. The molecular weight excluding hydrogens is 392 g/mol. The van der Waals surface area contributed by atoms with Crippen LogP contribution in [-0.4, -0.2) is 11.8 Å². The fraction of sp³-hybridized carbons (Fsp3) is 0.120. The summed E-state index contributed by atoms with van der Waals surface area (Å²) in [6, 6.07) is 23.1. The third-order valence-corrected chi connectivity index (χ3v) is 5.95. The molecule has 5 heteroatoms. The van der Waals surface area contributed by atoms with Gasteiger partial charge in [0.2, 0.25) is 0 Å². The number of anilines is 2. The lowest BCUT2D eigenvalue weighted by molar-refractivity contribution is -0.120. The van der Waals surface area contributed by atoms with Crippen LogP contribution in [0.3, 0.4) is 0 Å². The van der Waals surface area contributed by atoms with Gasteiger partial charge in [0.25, 0.3) is 11.8 Å². The molecule has 0 atom stereocenters. The first-order valence-electron chi connectivity index (χ1n) is 9.70. The van der Waals surface area contributed by atoms with Crippen molar-refractivity contribution in [2.75, 3.05) is 10.2 Å². The van der Waals surface area contributed by atoms with Gasteiger partial charge in [0.15, 0.2) is 0 Å². The predicted octanol–water partition coefficient (Wildman–Crippen LogP) is 5.60. The molecule has 0 spiro atoms. The molecule has 1 aliphatic rings. The summed E-state index contributed by atoms with van der Waals surface area (Å²) < 4.78 is 0. The molecule has 3 aromatic rings. The number of amides is 2. The zero-order chi connectivity index (χ0) is 21.3. The summed E-state index contributed by atoms with van der Waals surface area (Å²) in [5.41, 5.74) is 4.93. The summed E-state index contributed by atoms with van der Waals surface area (Å²) in [7, 11) is 0. The number of nitrogens with zero attached hydrogens (tertiary/aromatic N) is 1. The van der Waals surface area contributed by atoms with Crippen LogP contribution in [0.4, 0.5) is 11.4 Å². The van der Waals surface area contributed by atoms with Gasteiger partial charge in [-0.1, -0.05) is 59.3 Å². The Bertz CT molecular complexity index is 1150. The molecular formula is C25H22N2O2S. The molecule has 0 saturated carbocycles. The first-order valence-corrected chi connectivity index (χ1v) is 10.5. The summed E-state index contributed by atoms with van der Waals surface area (Å²) >= 11 is 1.31. The summed E-state index contributed by atoms with van der Waals surface area (Å²) in [5.74, 6) is -0.662. The topological polar surface area (TPSA) is 49.4 Å². The maximum absolute atomic E-state index is 13.3. The molecule has 4 rings (SSSR count). The van der Waals surface area contributed by atoms with E-state index in [4.69, 9.17) is 0 Å². The van der Waals surface area contributed by atoms with E-state index in [1.807, 2.05) is 81.4 Å². The number of thioether (sulfide) groups is 1. The predicted molar refractivity (Wildman–Crippen MR) is 123 cm³/mol. The lowest BCUT2D eigenvalue weighted by Gasteiger charge is -2.15. The van der Waals surface area contributed by atoms with E-state index < -0.39 is 0 Å². The van der Waals surface area contributed by atoms with Crippen molar-refractivity contribution >= 4 is 35.0 Å². The maximum Gasteiger partial charge on any atom is 0.283 e. The smallest absolute Gasteiger partial charge is 0.283 e. The number of nitrogens with one attached hydrogen (secondary N) is 1. The number of hydrogen-bond acceptors (Lipinski definition) is 4. The summed E-state index contributed by atoms with van der Waals surface area (Å²) in [6.45, 7) is 5.97. The molecule has 0 aliphatic carbocycles. The van der Waals surface area contributed by atoms with Gasteiger partial charge in [0.05, 0.1) is 5.69 Å². The Balaban J connectivity index is 1.74. The number of benzene rings is 3. The van der Waals surface area contributed by atoms with Crippen LogP contribution in [-0.2, 0) is 9.59 Å². The minimum Gasteiger partial charge on any atom is -0.350 e. The van der Waals surface area contributed by atoms with Gasteiger partial charge in [0, 0.05) is 10.6 Å². The van der Waals surface area contributed by atoms with Crippen LogP contribution in [0, 0.1) is 20.8 Å².